The second-order valence-corrected chi connectivity index (χ2v) is 6.97. The van der Waals surface area contributed by atoms with Crippen LogP contribution in [-0.4, -0.2) is 49.4 Å². The number of rotatable bonds is 7. The van der Waals surface area contributed by atoms with E-state index >= 15 is 0 Å². The molecule has 1 aliphatic heterocycles. The van der Waals surface area contributed by atoms with Crippen molar-refractivity contribution in [2.45, 2.75) is 25.4 Å². The highest BCUT2D eigenvalue weighted by atomic mass is 16.6. The maximum absolute atomic E-state index is 12.3. The molecule has 1 atom stereocenters. The predicted molar refractivity (Wildman–Crippen MR) is 112 cm³/mol. The van der Waals surface area contributed by atoms with Gasteiger partial charge in [-0.15, -0.1) is 0 Å². The zero-order chi connectivity index (χ0) is 20.3. The second-order valence-electron chi connectivity index (χ2n) is 6.97. The van der Waals surface area contributed by atoms with Gasteiger partial charge in [0.25, 0.3) is 0 Å². The zero-order valence-electron chi connectivity index (χ0n) is 16.4. The first-order chi connectivity index (χ1) is 14.2. The molecular weight excluding hydrogens is 370 g/mol. The van der Waals surface area contributed by atoms with Gasteiger partial charge in [0.15, 0.2) is 6.10 Å². The Morgan fingerprint density at radius 2 is 1.38 bits per heavy atom. The summed E-state index contributed by atoms with van der Waals surface area (Å²) in [6, 6.07) is 18.2. The lowest BCUT2D eigenvalue weighted by Crippen LogP contribution is -2.41. The highest BCUT2D eigenvalue weighted by molar-refractivity contribution is 5.85. The molecule has 29 heavy (non-hydrogen) atoms. The number of amides is 2. The Balaban J connectivity index is 1.53. The number of nitrogens with one attached hydrogen (secondary N) is 2. The molecule has 0 unspecified atom stereocenters. The molecule has 0 aliphatic carbocycles. The lowest BCUT2D eigenvalue weighted by molar-refractivity contribution is 0.0299. The lowest BCUT2D eigenvalue weighted by Gasteiger charge is -2.30. The molecule has 0 spiro atoms. The molecule has 1 fully saturated rings. The van der Waals surface area contributed by atoms with E-state index in [4.69, 9.17) is 9.47 Å². The normalized spacial score (nSPS) is 15.2. The highest BCUT2D eigenvalue weighted by Gasteiger charge is 2.22. The smallest absolute Gasteiger partial charge is 0.412 e. The highest BCUT2D eigenvalue weighted by Crippen LogP contribution is 2.12. The molecule has 0 radical (unpaired) electrons. The minimum atomic E-state index is -0.577. The van der Waals surface area contributed by atoms with Crippen LogP contribution in [-0.2, 0) is 9.47 Å². The first kappa shape index (κ1) is 20.7. The zero-order valence-corrected chi connectivity index (χ0v) is 16.4. The second kappa shape index (κ2) is 11.1. The summed E-state index contributed by atoms with van der Waals surface area (Å²) in [6.07, 6.45) is 1.76. The van der Waals surface area contributed by atoms with Crippen molar-refractivity contribution in [3.05, 3.63) is 60.7 Å². The van der Waals surface area contributed by atoms with E-state index < -0.39 is 18.3 Å². The van der Waals surface area contributed by atoms with E-state index in [1.807, 2.05) is 36.4 Å². The minimum Gasteiger partial charge on any atom is -0.445 e. The molecule has 0 saturated carbocycles. The maximum atomic E-state index is 12.3. The number of piperidine rings is 1. The van der Waals surface area contributed by atoms with Crippen molar-refractivity contribution in [2.75, 3.05) is 36.9 Å². The van der Waals surface area contributed by atoms with Crippen LogP contribution in [0.4, 0.5) is 21.0 Å². The van der Waals surface area contributed by atoms with Crippen LogP contribution in [0, 0.1) is 0 Å². The Hall–Kier alpha value is -3.06. The number of benzene rings is 2. The molecule has 2 amide bonds. The van der Waals surface area contributed by atoms with Crippen molar-refractivity contribution in [2.24, 2.45) is 0 Å². The summed E-state index contributed by atoms with van der Waals surface area (Å²) in [4.78, 5) is 26.6. The lowest BCUT2D eigenvalue weighted by atomic mass is 10.1. The summed E-state index contributed by atoms with van der Waals surface area (Å²) >= 11 is 0. The van der Waals surface area contributed by atoms with Gasteiger partial charge in [-0.25, -0.2) is 9.59 Å². The Morgan fingerprint density at radius 3 is 1.97 bits per heavy atom. The Morgan fingerprint density at radius 1 is 0.828 bits per heavy atom. The molecule has 7 nitrogen and oxygen atoms in total. The third-order valence-corrected chi connectivity index (χ3v) is 4.62. The van der Waals surface area contributed by atoms with Crippen LogP contribution in [0.2, 0.25) is 0 Å². The van der Waals surface area contributed by atoms with Gasteiger partial charge in [0.1, 0.15) is 6.61 Å². The Bertz CT molecular complexity index is 764. The average molecular weight is 397 g/mol. The Kier molecular flexibility index (Phi) is 7.89. The number of carbonyl (C=O) groups is 2. The predicted octanol–water partition coefficient (Wildman–Crippen LogP) is 4.34. The molecule has 2 N–H and O–H groups in total. The van der Waals surface area contributed by atoms with E-state index in [-0.39, 0.29) is 6.61 Å². The van der Waals surface area contributed by atoms with Crippen LogP contribution in [0.5, 0.6) is 0 Å². The van der Waals surface area contributed by atoms with Crippen LogP contribution in [0.15, 0.2) is 60.7 Å². The van der Waals surface area contributed by atoms with Crippen molar-refractivity contribution in [1.29, 1.82) is 0 Å². The molecule has 2 aromatic rings. The van der Waals surface area contributed by atoms with Gasteiger partial charge in [-0.3, -0.25) is 15.5 Å². The Labute approximate surface area is 171 Å². The largest absolute Gasteiger partial charge is 0.445 e. The molecule has 0 bridgehead atoms. The molecule has 3 rings (SSSR count). The van der Waals surface area contributed by atoms with Crippen LogP contribution in [0.1, 0.15) is 19.3 Å². The van der Waals surface area contributed by atoms with Crippen molar-refractivity contribution < 1.29 is 19.1 Å². The summed E-state index contributed by atoms with van der Waals surface area (Å²) in [5.74, 6) is 0. The molecule has 0 aromatic heterocycles. The first-order valence-corrected chi connectivity index (χ1v) is 9.93. The van der Waals surface area contributed by atoms with Crippen LogP contribution in [0.3, 0.4) is 0 Å². The molecule has 2 aromatic carbocycles. The van der Waals surface area contributed by atoms with Gasteiger partial charge in [-0.1, -0.05) is 42.8 Å². The minimum absolute atomic E-state index is 0.0165. The number of nitrogens with zero attached hydrogens (tertiary/aromatic N) is 1. The summed E-state index contributed by atoms with van der Waals surface area (Å²) in [5.41, 5.74) is 1.30. The number of carbonyl (C=O) groups excluding carboxylic acids is 2. The van der Waals surface area contributed by atoms with Crippen LogP contribution < -0.4 is 10.6 Å². The van der Waals surface area contributed by atoms with Gasteiger partial charge in [0, 0.05) is 17.9 Å². The first-order valence-electron chi connectivity index (χ1n) is 9.93. The van der Waals surface area contributed by atoms with E-state index in [1.54, 1.807) is 24.3 Å². The van der Waals surface area contributed by atoms with Crippen molar-refractivity contribution in [3.8, 4) is 0 Å². The number of ether oxygens (including phenoxy) is 2. The summed E-state index contributed by atoms with van der Waals surface area (Å²) in [6.45, 7) is 2.42. The third kappa shape index (κ3) is 7.46. The number of para-hydroxylation sites is 2. The van der Waals surface area contributed by atoms with Gasteiger partial charge in [-0.05, 0) is 50.2 Å². The van der Waals surface area contributed by atoms with Gasteiger partial charge in [-0.2, -0.15) is 0 Å². The fourth-order valence-corrected chi connectivity index (χ4v) is 3.22. The van der Waals surface area contributed by atoms with Crippen molar-refractivity contribution in [3.63, 3.8) is 0 Å². The summed E-state index contributed by atoms with van der Waals surface area (Å²) in [7, 11) is 0. The number of hydrogen-bond donors (Lipinski definition) is 2. The summed E-state index contributed by atoms with van der Waals surface area (Å²) in [5, 5.41) is 5.36. The van der Waals surface area contributed by atoms with Gasteiger partial charge in [0.05, 0.1) is 0 Å². The van der Waals surface area contributed by atoms with Gasteiger partial charge >= 0.3 is 12.2 Å². The van der Waals surface area contributed by atoms with E-state index in [0.717, 1.165) is 25.9 Å². The maximum Gasteiger partial charge on any atom is 0.412 e. The van der Waals surface area contributed by atoms with Gasteiger partial charge in [0.2, 0.25) is 0 Å². The molecule has 1 heterocycles. The van der Waals surface area contributed by atoms with Crippen molar-refractivity contribution in [1.82, 2.24) is 4.90 Å². The van der Waals surface area contributed by atoms with Gasteiger partial charge < -0.3 is 9.47 Å². The number of hydrogen-bond acceptors (Lipinski definition) is 5. The SMILES string of the molecule is O=C(Nc1ccccc1)OC[C@H](CN1CCCCC1)OC(=O)Nc1ccccc1. The number of anilines is 2. The van der Waals surface area contributed by atoms with E-state index in [9.17, 15) is 9.59 Å². The molecule has 7 heteroatoms. The number of likely N-dealkylation sites (tertiary alicyclic amines) is 1. The third-order valence-electron chi connectivity index (χ3n) is 4.62. The molecule has 1 saturated heterocycles. The van der Waals surface area contributed by atoms with E-state index in [2.05, 4.69) is 15.5 Å². The topological polar surface area (TPSA) is 79.9 Å². The molecule has 1 aliphatic rings. The average Bonchev–Trinajstić information content (AvgIpc) is 2.74. The van der Waals surface area contributed by atoms with E-state index in [1.165, 1.54) is 6.42 Å². The fourth-order valence-electron chi connectivity index (χ4n) is 3.22. The molecular formula is C22H27N3O4. The summed E-state index contributed by atoms with van der Waals surface area (Å²) < 4.78 is 10.9. The quantitative estimate of drug-likeness (QED) is 0.727. The van der Waals surface area contributed by atoms with Crippen LogP contribution >= 0.6 is 0 Å². The van der Waals surface area contributed by atoms with E-state index in [0.29, 0.717) is 17.9 Å². The fraction of sp³-hybridized carbons (Fsp3) is 0.364. The molecule has 154 valence electrons. The van der Waals surface area contributed by atoms with Crippen molar-refractivity contribution >= 4 is 23.6 Å². The standard InChI is InChI=1S/C22H27N3O4/c26-21(23-18-10-4-1-5-11-18)28-17-20(16-25-14-8-3-9-15-25)29-22(27)24-19-12-6-2-7-13-19/h1-2,4-7,10-13,20H,3,8-9,14-17H2,(H,23,26)(H,24,27)/t20-/m0/s1. The monoisotopic (exact) mass is 397 g/mol. The van der Waals surface area contributed by atoms with Crippen LogP contribution in [0.25, 0.3) is 0 Å².